The zero-order valence-corrected chi connectivity index (χ0v) is 7.10. The highest BCUT2D eigenvalue weighted by Crippen LogP contribution is 2.15. The molecule has 0 unspecified atom stereocenters. The number of benzene rings is 1. The molecule has 0 spiro atoms. The van der Waals surface area contributed by atoms with Crippen LogP contribution in [-0.4, -0.2) is 12.1 Å². The van der Waals surface area contributed by atoms with Crippen LogP contribution in [0.2, 0.25) is 0 Å². The van der Waals surface area contributed by atoms with Crippen LogP contribution in [0.1, 0.15) is 5.56 Å². The summed E-state index contributed by atoms with van der Waals surface area (Å²) in [6.45, 7) is 0. The fraction of sp³-hybridized carbons (Fsp3) is 0. The fourth-order valence-electron chi connectivity index (χ4n) is 1.07. The number of rotatable bonds is 1. The predicted molar refractivity (Wildman–Crippen MR) is 47.0 cm³/mol. The second-order valence-electron chi connectivity index (χ2n) is 2.66. The first-order chi connectivity index (χ1) is 6.75. The molecule has 0 amide bonds. The Labute approximate surface area is 79.7 Å². The molecule has 0 aromatic heterocycles. The normalized spacial score (nSPS) is 18.1. The molecule has 1 fully saturated rings. The van der Waals surface area contributed by atoms with Crippen LogP contribution in [0.15, 0.2) is 36.1 Å². The first-order valence-corrected chi connectivity index (χ1v) is 3.96. The molecule has 1 aliphatic rings. The van der Waals surface area contributed by atoms with Crippen molar-refractivity contribution in [2.75, 3.05) is 0 Å². The molecule has 14 heavy (non-hydrogen) atoms. The maximum atomic E-state index is 11.0. The van der Waals surface area contributed by atoms with Crippen molar-refractivity contribution < 1.29 is 19.1 Å². The Hall–Kier alpha value is -2.10. The summed E-state index contributed by atoms with van der Waals surface area (Å²) in [6, 6.07) is 9.04. The van der Waals surface area contributed by atoms with Crippen molar-refractivity contribution in [3.63, 3.8) is 0 Å². The van der Waals surface area contributed by atoms with E-state index in [4.69, 9.17) is 0 Å². The van der Waals surface area contributed by atoms with Crippen LogP contribution >= 0.6 is 0 Å². The van der Waals surface area contributed by atoms with Crippen LogP contribution < -0.4 is 0 Å². The summed E-state index contributed by atoms with van der Waals surface area (Å²) >= 11 is 0. The number of esters is 1. The molecule has 4 heteroatoms. The number of carbonyl (C=O) groups excluding carboxylic acids is 2. The highest BCUT2D eigenvalue weighted by molar-refractivity contribution is 6.02. The number of cyclic esters (lactones) is 3. The van der Waals surface area contributed by atoms with E-state index in [1.807, 2.05) is 18.2 Å². The van der Waals surface area contributed by atoms with E-state index in [2.05, 4.69) is 9.47 Å². The molecule has 0 saturated carbocycles. The minimum absolute atomic E-state index is 0.0822. The second-order valence-corrected chi connectivity index (χ2v) is 2.66. The minimum atomic E-state index is -0.975. The van der Waals surface area contributed by atoms with Gasteiger partial charge in [0.25, 0.3) is 0 Å². The van der Waals surface area contributed by atoms with Gasteiger partial charge in [-0.15, -0.1) is 0 Å². The van der Waals surface area contributed by atoms with Gasteiger partial charge in [-0.3, -0.25) is 0 Å². The van der Waals surface area contributed by atoms with Crippen LogP contribution in [0.3, 0.4) is 0 Å². The molecule has 1 saturated heterocycles. The van der Waals surface area contributed by atoms with Crippen LogP contribution in [0.5, 0.6) is 0 Å². The number of hydrogen-bond acceptors (Lipinski definition) is 4. The highest BCUT2D eigenvalue weighted by atomic mass is 16.8. The lowest BCUT2D eigenvalue weighted by atomic mass is 10.2. The Morgan fingerprint density at radius 2 is 1.71 bits per heavy atom. The smallest absolute Gasteiger partial charge is 0.387 e. The minimum Gasteiger partial charge on any atom is -0.387 e. The molecule has 4 nitrogen and oxygen atoms in total. The number of ether oxygens (including phenoxy) is 2. The van der Waals surface area contributed by atoms with Crippen LogP contribution in [-0.2, 0) is 14.3 Å². The van der Waals surface area contributed by atoms with Gasteiger partial charge in [-0.25, -0.2) is 9.59 Å². The molecule has 1 aromatic rings. The summed E-state index contributed by atoms with van der Waals surface area (Å²) in [7, 11) is 0. The average molecular weight is 190 g/mol. The van der Waals surface area contributed by atoms with Crippen LogP contribution in [0.4, 0.5) is 4.79 Å². The van der Waals surface area contributed by atoms with E-state index in [9.17, 15) is 9.59 Å². The van der Waals surface area contributed by atoms with Crippen molar-refractivity contribution in [1.82, 2.24) is 0 Å². The van der Waals surface area contributed by atoms with Gasteiger partial charge in [0.15, 0.2) is 0 Å². The standard InChI is InChI=1S/C10H6O4/c11-9-8(13-10(12)14-9)6-7-4-2-1-3-5-7/h1-6H/b8-6-. The third kappa shape index (κ3) is 1.64. The van der Waals surface area contributed by atoms with Gasteiger partial charge in [-0.2, -0.15) is 0 Å². The molecule has 2 rings (SSSR count). The van der Waals surface area contributed by atoms with Crippen molar-refractivity contribution in [3.05, 3.63) is 41.7 Å². The lowest BCUT2D eigenvalue weighted by molar-refractivity contribution is -0.130. The molecule has 0 N–H and O–H groups in total. The van der Waals surface area contributed by atoms with Crippen molar-refractivity contribution in [2.45, 2.75) is 0 Å². The molecule has 70 valence electrons. The first kappa shape index (κ1) is 8.50. The largest absolute Gasteiger partial charge is 0.522 e. The van der Waals surface area contributed by atoms with Gasteiger partial charge in [0.05, 0.1) is 0 Å². The summed E-state index contributed by atoms with van der Waals surface area (Å²) < 4.78 is 8.71. The number of hydrogen-bond donors (Lipinski definition) is 0. The second kappa shape index (κ2) is 3.33. The van der Waals surface area contributed by atoms with Gasteiger partial charge >= 0.3 is 12.1 Å². The maximum Gasteiger partial charge on any atom is 0.522 e. The zero-order valence-electron chi connectivity index (χ0n) is 7.10. The molecule has 1 aliphatic heterocycles. The van der Waals surface area contributed by atoms with Gasteiger partial charge in [-0.05, 0) is 11.6 Å². The van der Waals surface area contributed by atoms with Crippen molar-refractivity contribution in [3.8, 4) is 0 Å². The average Bonchev–Trinajstić information content (AvgIpc) is 2.47. The summed E-state index contributed by atoms with van der Waals surface area (Å²) in [6.07, 6.45) is 0.477. The summed E-state index contributed by atoms with van der Waals surface area (Å²) in [4.78, 5) is 21.5. The van der Waals surface area contributed by atoms with E-state index < -0.39 is 12.1 Å². The molecule has 1 aromatic carbocycles. The Morgan fingerprint density at radius 1 is 1.00 bits per heavy atom. The molecule has 0 aliphatic carbocycles. The van der Waals surface area contributed by atoms with E-state index in [1.54, 1.807) is 12.1 Å². The SMILES string of the molecule is O=C1OC(=O)/C(=C/c2ccccc2)O1. The summed E-state index contributed by atoms with van der Waals surface area (Å²) in [5.74, 6) is -0.833. The van der Waals surface area contributed by atoms with Gasteiger partial charge in [-0.1, -0.05) is 30.3 Å². The quantitative estimate of drug-likeness (QED) is 0.384. The van der Waals surface area contributed by atoms with Gasteiger partial charge < -0.3 is 9.47 Å². The Balaban J connectivity index is 2.28. The molecule has 0 radical (unpaired) electrons. The van der Waals surface area contributed by atoms with E-state index in [0.717, 1.165) is 5.56 Å². The summed E-state index contributed by atoms with van der Waals surface area (Å²) in [5.41, 5.74) is 0.772. The zero-order chi connectivity index (χ0) is 9.97. The van der Waals surface area contributed by atoms with Gasteiger partial charge in [0, 0.05) is 0 Å². The predicted octanol–water partition coefficient (Wildman–Crippen LogP) is 1.72. The molecule has 0 atom stereocenters. The monoisotopic (exact) mass is 190 g/mol. The highest BCUT2D eigenvalue weighted by Gasteiger charge is 2.29. The fourth-order valence-corrected chi connectivity index (χ4v) is 1.07. The van der Waals surface area contributed by atoms with Gasteiger partial charge in [0.2, 0.25) is 5.76 Å². The lowest BCUT2D eigenvalue weighted by Crippen LogP contribution is -1.95. The molecular formula is C10H6O4. The molecule has 1 heterocycles. The van der Waals surface area contributed by atoms with E-state index in [0.29, 0.717) is 0 Å². The number of carbonyl (C=O) groups is 2. The van der Waals surface area contributed by atoms with Crippen LogP contribution in [0.25, 0.3) is 6.08 Å². The van der Waals surface area contributed by atoms with Crippen LogP contribution in [0, 0.1) is 0 Å². The van der Waals surface area contributed by atoms with E-state index >= 15 is 0 Å². The first-order valence-electron chi connectivity index (χ1n) is 3.96. The molecular weight excluding hydrogens is 184 g/mol. The summed E-state index contributed by atoms with van der Waals surface area (Å²) in [5, 5.41) is 0. The lowest BCUT2D eigenvalue weighted by Gasteiger charge is -1.91. The van der Waals surface area contributed by atoms with Crippen molar-refractivity contribution in [2.24, 2.45) is 0 Å². The Bertz CT molecular complexity index is 405. The maximum absolute atomic E-state index is 11.0. The van der Waals surface area contributed by atoms with E-state index in [-0.39, 0.29) is 5.76 Å². The third-order valence-corrected chi connectivity index (χ3v) is 1.67. The van der Waals surface area contributed by atoms with Gasteiger partial charge in [0.1, 0.15) is 0 Å². The van der Waals surface area contributed by atoms with Crippen molar-refractivity contribution in [1.29, 1.82) is 0 Å². The third-order valence-electron chi connectivity index (χ3n) is 1.67. The Morgan fingerprint density at radius 3 is 2.29 bits per heavy atom. The topological polar surface area (TPSA) is 52.6 Å². The van der Waals surface area contributed by atoms with E-state index in [1.165, 1.54) is 6.08 Å². The molecule has 0 bridgehead atoms. The Kier molecular flexibility index (Phi) is 2.02. The van der Waals surface area contributed by atoms with Crippen molar-refractivity contribution >= 4 is 18.2 Å².